The fourth-order valence-electron chi connectivity index (χ4n) is 3.08. The molecule has 0 spiro atoms. The fraction of sp³-hybridized carbons (Fsp3) is 0.235. The summed E-state index contributed by atoms with van der Waals surface area (Å²) in [6.07, 6.45) is 1.26. The lowest BCUT2D eigenvalue weighted by atomic mass is 10.0. The number of carbonyl (C=O) groups is 1. The van der Waals surface area contributed by atoms with Crippen molar-refractivity contribution in [1.82, 2.24) is 9.88 Å². The Morgan fingerprint density at radius 1 is 1.36 bits per heavy atom. The van der Waals surface area contributed by atoms with Gasteiger partial charge < -0.3 is 9.88 Å². The van der Waals surface area contributed by atoms with Crippen LogP contribution in [0.4, 0.5) is 4.39 Å². The van der Waals surface area contributed by atoms with Gasteiger partial charge >= 0.3 is 0 Å². The molecule has 5 heteroatoms. The first-order valence-corrected chi connectivity index (χ1v) is 8.18. The van der Waals surface area contributed by atoms with Crippen LogP contribution in [0.25, 0.3) is 10.9 Å². The number of nitrogens with one attached hydrogen (secondary N) is 1. The lowest BCUT2D eigenvalue weighted by molar-refractivity contribution is -0.131. The van der Waals surface area contributed by atoms with Gasteiger partial charge in [-0.3, -0.25) is 4.79 Å². The van der Waals surface area contributed by atoms with Crippen molar-refractivity contribution in [1.29, 1.82) is 0 Å². The van der Waals surface area contributed by atoms with Gasteiger partial charge in [-0.15, -0.1) is 11.3 Å². The van der Waals surface area contributed by atoms with Gasteiger partial charge in [0.05, 0.1) is 6.42 Å². The molecular formula is C17H15FN2OS. The van der Waals surface area contributed by atoms with Gasteiger partial charge in [0.25, 0.3) is 0 Å². The van der Waals surface area contributed by atoms with E-state index in [2.05, 4.69) is 4.98 Å². The van der Waals surface area contributed by atoms with E-state index in [4.69, 9.17) is 0 Å². The molecule has 0 unspecified atom stereocenters. The minimum atomic E-state index is -0.239. The highest BCUT2D eigenvalue weighted by Gasteiger charge is 2.24. The number of aromatic amines is 1. The summed E-state index contributed by atoms with van der Waals surface area (Å²) < 4.78 is 13.3. The molecular weight excluding hydrogens is 299 g/mol. The highest BCUT2D eigenvalue weighted by atomic mass is 32.1. The van der Waals surface area contributed by atoms with Crippen LogP contribution >= 0.6 is 11.3 Å². The van der Waals surface area contributed by atoms with Crippen molar-refractivity contribution in [2.75, 3.05) is 6.54 Å². The molecule has 0 aliphatic carbocycles. The Hall–Kier alpha value is -2.14. The van der Waals surface area contributed by atoms with Crippen molar-refractivity contribution in [3.8, 4) is 0 Å². The number of thiophene rings is 1. The largest absolute Gasteiger partial charge is 0.358 e. The molecule has 112 valence electrons. The van der Waals surface area contributed by atoms with Crippen molar-refractivity contribution < 1.29 is 9.18 Å². The van der Waals surface area contributed by atoms with Gasteiger partial charge in [0.2, 0.25) is 5.91 Å². The van der Waals surface area contributed by atoms with Crippen LogP contribution in [0.3, 0.4) is 0 Å². The normalized spacial score (nSPS) is 14.3. The Labute approximate surface area is 131 Å². The summed E-state index contributed by atoms with van der Waals surface area (Å²) >= 11 is 1.61. The summed E-state index contributed by atoms with van der Waals surface area (Å²) in [6, 6.07) is 8.75. The number of aromatic nitrogens is 1. The number of nitrogens with zero attached hydrogens (tertiary/aromatic N) is 1. The molecule has 0 saturated heterocycles. The van der Waals surface area contributed by atoms with E-state index in [-0.39, 0.29) is 11.7 Å². The number of hydrogen-bond acceptors (Lipinski definition) is 2. The maximum atomic E-state index is 13.3. The summed E-state index contributed by atoms with van der Waals surface area (Å²) in [4.78, 5) is 18.7. The van der Waals surface area contributed by atoms with Gasteiger partial charge in [0.1, 0.15) is 5.82 Å². The minimum absolute atomic E-state index is 0.157. The molecule has 0 bridgehead atoms. The number of carbonyl (C=O) groups excluding carboxylic acids is 1. The zero-order chi connectivity index (χ0) is 15.1. The summed E-state index contributed by atoms with van der Waals surface area (Å²) in [7, 11) is 0. The number of benzene rings is 1. The Kier molecular flexibility index (Phi) is 3.22. The standard InChI is InChI=1S/C17H15FN2OS/c18-11-3-4-13-14-10-20(6-5-15(14)19-16(13)8-11)17(21)9-12-2-1-7-22-12/h1-4,7-8,19H,5-6,9-10H2. The quantitative estimate of drug-likeness (QED) is 0.772. The predicted octanol–water partition coefficient (Wildman–Crippen LogP) is 3.50. The molecule has 3 nitrogen and oxygen atoms in total. The lowest BCUT2D eigenvalue weighted by Crippen LogP contribution is -2.36. The number of halogens is 1. The second-order valence-corrected chi connectivity index (χ2v) is 6.63. The van der Waals surface area contributed by atoms with Crippen LogP contribution in [0.5, 0.6) is 0 Å². The molecule has 1 amide bonds. The van der Waals surface area contributed by atoms with Gasteiger partial charge in [-0.25, -0.2) is 4.39 Å². The Balaban J connectivity index is 1.60. The molecule has 1 N–H and O–H groups in total. The molecule has 4 rings (SSSR count). The average molecular weight is 314 g/mol. The predicted molar refractivity (Wildman–Crippen MR) is 85.4 cm³/mol. The van der Waals surface area contributed by atoms with E-state index in [1.807, 2.05) is 22.4 Å². The Bertz CT molecular complexity index is 838. The van der Waals surface area contributed by atoms with Crippen LogP contribution in [0.15, 0.2) is 35.7 Å². The monoisotopic (exact) mass is 314 g/mol. The van der Waals surface area contributed by atoms with Crippen LogP contribution < -0.4 is 0 Å². The average Bonchev–Trinajstić information content (AvgIpc) is 3.12. The molecule has 0 atom stereocenters. The van der Waals surface area contributed by atoms with Crippen molar-refractivity contribution >= 4 is 28.1 Å². The zero-order valence-corrected chi connectivity index (χ0v) is 12.8. The molecule has 0 fully saturated rings. The number of H-pyrrole nitrogens is 1. The van der Waals surface area contributed by atoms with E-state index < -0.39 is 0 Å². The van der Waals surface area contributed by atoms with E-state index in [0.717, 1.165) is 33.5 Å². The SMILES string of the molecule is O=C(Cc1cccs1)N1CCc2[nH]c3cc(F)ccc3c2C1. The van der Waals surface area contributed by atoms with Crippen LogP contribution in [0, 0.1) is 5.82 Å². The molecule has 0 saturated carbocycles. The number of fused-ring (bicyclic) bond motifs is 3. The van der Waals surface area contributed by atoms with Crippen LogP contribution in [-0.2, 0) is 24.2 Å². The second-order valence-electron chi connectivity index (χ2n) is 5.59. The molecule has 1 aliphatic heterocycles. The van der Waals surface area contributed by atoms with E-state index >= 15 is 0 Å². The third kappa shape index (κ3) is 2.31. The van der Waals surface area contributed by atoms with Crippen molar-refractivity contribution in [3.63, 3.8) is 0 Å². The third-order valence-electron chi connectivity index (χ3n) is 4.20. The zero-order valence-electron chi connectivity index (χ0n) is 11.9. The Morgan fingerprint density at radius 3 is 3.09 bits per heavy atom. The van der Waals surface area contributed by atoms with E-state index in [9.17, 15) is 9.18 Å². The maximum Gasteiger partial charge on any atom is 0.228 e. The molecule has 0 radical (unpaired) electrons. The van der Waals surface area contributed by atoms with Crippen molar-refractivity contribution in [2.45, 2.75) is 19.4 Å². The molecule has 1 aliphatic rings. The van der Waals surface area contributed by atoms with Gasteiger partial charge in [-0.1, -0.05) is 6.07 Å². The van der Waals surface area contributed by atoms with Crippen LogP contribution in [0.1, 0.15) is 16.1 Å². The van der Waals surface area contributed by atoms with Crippen molar-refractivity contribution in [2.24, 2.45) is 0 Å². The topological polar surface area (TPSA) is 36.1 Å². The summed E-state index contributed by atoms with van der Waals surface area (Å²) in [5.41, 5.74) is 3.07. The lowest BCUT2D eigenvalue weighted by Gasteiger charge is -2.27. The highest BCUT2D eigenvalue weighted by molar-refractivity contribution is 7.10. The van der Waals surface area contributed by atoms with Gasteiger partial charge in [0.15, 0.2) is 0 Å². The summed E-state index contributed by atoms with van der Waals surface area (Å²) in [5, 5.41) is 3.01. The van der Waals surface area contributed by atoms with E-state index in [0.29, 0.717) is 19.5 Å². The number of hydrogen-bond donors (Lipinski definition) is 1. The highest BCUT2D eigenvalue weighted by Crippen LogP contribution is 2.28. The fourth-order valence-corrected chi connectivity index (χ4v) is 3.78. The first kappa shape index (κ1) is 13.5. The minimum Gasteiger partial charge on any atom is -0.358 e. The third-order valence-corrected chi connectivity index (χ3v) is 5.07. The van der Waals surface area contributed by atoms with Gasteiger partial charge in [-0.05, 0) is 29.6 Å². The number of rotatable bonds is 2. The molecule has 3 aromatic rings. The molecule has 22 heavy (non-hydrogen) atoms. The van der Waals surface area contributed by atoms with E-state index in [1.165, 1.54) is 12.1 Å². The van der Waals surface area contributed by atoms with Crippen LogP contribution in [0.2, 0.25) is 0 Å². The Morgan fingerprint density at radius 2 is 2.27 bits per heavy atom. The van der Waals surface area contributed by atoms with E-state index in [1.54, 1.807) is 17.4 Å². The second kappa shape index (κ2) is 5.25. The summed E-state index contributed by atoms with van der Waals surface area (Å²) in [6.45, 7) is 1.32. The molecule has 1 aromatic carbocycles. The summed E-state index contributed by atoms with van der Waals surface area (Å²) in [5.74, 6) is -0.0821. The smallest absolute Gasteiger partial charge is 0.228 e. The first-order valence-electron chi connectivity index (χ1n) is 7.30. The first-order chi connectivity index (χ1) is 10.7. The van der Waals surface area contributed by atoms with Gasteiger partial charge in [-0.2, -0.15) is 0 Å². The number of amides is 1. The maximum absolute atomic E-state index is 13.3. The van der Waals surface area contributed by atoms with Gasteiger partial charge in [0, 0.05) is 46.5 Å². The molecule has 2 aromatic heterocycles. The molecule has 3 heterocycles. The van der Waals surface area contributed by atoms with Crippen LogP contribution in [-0.4, -0.2) is 22.3 Å². The van der Waals surface area contributed by atoms with Crippen molar-refractivity contribution in [3.05, 3.63) is 57.7 Å².